The van der Waals surface area contributed by atoms with Crippen LogP contribution in [0.5, 0.6) is 0 Å². The zero-order valence-electron chi connectivity index (χ0n) is 8.15. The molecule has 0 saturated heterocycles. The number of hydrogen-bond acceptors (Lipinski definition) is 1. The van der Waals surface area contributed by atoms with Gasteiger partial charge in [0.15, 0.2) is 0 Å². The van der Waals surface area contributed by atoms with Crippen LogP contribution in [-0.2, 0) is 6.42 Å². The van der Waals surface area contributed by atoms with Crippen molar-refractivity contribution in [2.24, 2.45) is 0 Å². The van der Waals surface area contributed by atoms with Gasteiger partial charge in [-0.15, -0.1) is 0 Å². The third-order valence-corrected chi connectivity index (χ3v) is 2.36. The van der Waals surface area contributed by atoms with Gasteiger partial charge in [0.1, 0.15) is 0 Å². The lowest BCUT2D eigenvalue weighted by atomic mass is 10.0. The van der Waals surface area contributed by atoms with E-state index in [4.69, 9.17) is 0 Å². The highest BCUT2D eigenvalue weighted by Crippen LogP contribution is 2.12. The molecule has 0 bridgehead atoms. The lowest BCUT2D eigenvalue weighted by Gasteiger charge is -2.07. The molecule has 0 fully saturated rings. The molecule has 12 heavy (non-hydrogen) atoms. The molecule has 1 N–H and O–H groups in total. The Kier molecular flexibility index (Phi) is 3.30. The monoisotopic (exact) mass is 165 g/mol. The first kappa shape index (κ1) is 9.27. The molecule has 1 aromatic carbocycles. The van der Waals surface area contributed by atoms with E-state index < -0.39 is 0 Å². The smallest absolute Gasteiger partial charge is 0 e. The van der Waals surface area contributed by atoms with Crippen molar-refractivity contribution >= 4 is 0 Å². The summed E-state index contributed by atoms with van der Waals surface area (Å²) in [7, 11) is 1.99. The molecule has 1 aromatic rings. The van der Waals surface area contributed by atoms with Gasteiger partial charge >= 0.3 is 0 Å². The summed E-state index contributed by atoms with van der Waals surface area (Å²) in [4.78, 5) is 0. The molecule has 0 radical (unpaired) electrons. The average molecular weight is 165 g/mol. The molecule has 1 heteroatoms. The van der Waals surface area contributed by atoms with Crippen LogP contribution in [0.3, 0.4) is 0 Å². The Labute approximate surface area is 76.3 Å². The Morgan fingerprint density at radius 3 is 2.75 bits per heavy atom. The summed E-state index contributed by atoms with van der Waals surface area (Å²) in [6, 6.07) is 6.51. The quantitative estimate of drug-likeness (QED) is 0.724. The van der Waals surface area contributed by atoms with Crippen molar-refractivity contribution in [3.63, 3.8) is 0 Å². The van der Waals surface area contributed by atoms with Crippen LogP contribution in [0.1, 0.15) is 18.1 Å². The van der Waals surface area contributed by atoms with E-state index in [-0.39, 0.29) is 1.43 Å². The van der Waals surface area contributed by atoms with Crippen molar-refractivity contribution < 1.29 is 1.43 Å². The minimum atomic E-state index is 0. The van der Waals surface area contributed by atoms with Gasteiger partial charge in [-0.1, -0.05) is 18.2 Å². The van der Waals surface area contributed by atoms with Crippen molar-refractivity contribution in [1.82, 2.24) is 5.32 Å². The lowest BCUT2D eigenvalue weighted by molar-refractivity contribution is 0.788. The van der Waals surface area contributed by atoms with Crippen molar-refractivity contribution in [1.29, 1.82) is 0 Å². The van der Waals surface area contributed by atoms with E-state index in [9.17, 15) is 0 Å². The second-order valence-electron chi connectivity index (χ2n) is 3.21. The minimum absolute atomic E-state index is 0. The van der Waals surface area contributed by atoms with Crippen molar-refractivity contribution in [3.05, 3.63) is 34.9 Å². The standard InChI is InChI=1S/C11H17N.H2/c1-9-5-4-6-11(10(9)2)7-8-12-3;/h4-6,12H,7-8H2,1-3H3;1H. The highest BCUT2D eigenvalue weighted by Gasteiger charge is 1.98. The number of rotatable bonds is 3. The Morgan fingerprint density at radius 2 is 2.08 bits per heavy atom. The summed E-state index contributed by atoms with van der Waals surface area (Å²) < 4.78 is 0. The van der Waals surface area contributed by atoms with Gasteiger partial charge in [0, 0.05) is 1.43 Å². The molecule has 0 unspecified atom stereocenters. The lowest BCUT2D eigenvalue weighted by Crippen LogP contribution is -2.11. The zero-order valence-corrected chi connectivity index (χ0v) is 8.15. The minimum Gasteiger partial charge on any atom is -0.319 e. The largest absolute Gasteiger partial charge is 0.319 e. The second-order valence-corrected chi connectivity index (χ2v) is 3.21. The fourth-order valence-corrected chi connectivity index (χ4v) is 1.34. The Morgan fingerprint density at radius 1 is 1.33 bits per heavy atom. The van der Waals surface area contributed by atoms with E-state index in [1.54, 1.807) is 0 Å². The Balaban J connectivity index is 0.00000144. The second kappa shape index (κ2) is 4.27. The molecule has 0 aliphatic rings. The van der Waals surface area contributed by atoms with Gasteiger partial charge in [0.25, 0.3) is 0 Å². The topological polar surface area (TPSA) is 12.0 Å². The molecule has 0 aliphatic carbocycles. The first-order valence-electron chi connectivity index (χ1n) is 4.45. The normalized spacial score (nSPS) is 10.2. The Bertz CT molecular complexity index is 258. The van der Waals surface area contributed by atoms with Crippen LogP contribution in [-0.4, -0.2) is 13.6 Å². The Hall–Kier alpha value is -0.820. The van der Waals surface area contributed by atoms with Crippen LogP contribution < -0.4 is 5.32 Å². The molecule has 0 aliphatic heterocycles. The number of likely N-dealkylation sites (N-methyl/N-ethyl adjacent to an activating group) is 1. The molecule has 1 rings (SSSR count). The van der Waals surface area contributed by atoms with E-state index >= 15 is 0 Å². The van der Waals surface area contributed by atoms with E-state index in [2.05, 4.69) is 37.4 Å². The van der Waals surface area contributed by atoms with Crippen LogP contribution in [0.2, 0.25) is 0 Å². The van der Waals surface area contributed by atoms with Gasteiger partial charge in [0.2, 0.25) is 0 Å². The molecule has 0 heterocycles. The van der Waals surface area contributed by atoms with Crippen LogP contribution in [0.4, 0.5) is 0 Å². The van der Waals surface area contributed by atoms with Crippen LogP contribution in [0.15, 0.2) is 18.2 Å². The zero-order chi connectivity index (χ0) is 8.97. The molecular weight excluding hydrogens is 146 g/mol. The average Bonchev–Trinajstić information content (AvgIpc) is 2.08. The maximum absolute atomic E-state index is 3.16. The van der Waals surface area contributed by atoms with E-state index in [0.717, 1.165) is 13.0 Å². The summed E-state index contributed by atoms with van der Waals surface area (Å²) >= 11 is 0. The molecule has 0 spiro atoms. The van der Waals surface area contributed by atoms with E-state index in [1.165, 1.54) is 16.7 Å². The van der Waals surface area contributed by atoms with Crippen molar-refractivity contribution in [2.45, 2.75) is 20.3 Å². The van der Waals surface area contributed by atoms with Gasteiger partial charge < -0.3 is 5.32 Å². The van der Waals surface area contributed by atoms with Crippen LogP contribution >= 0.6 is 0 Å². The summed E-state index contributed by atoms with van der Waals surface area (Å²) in [6.45, 7) is 5.42. The van der Waals surface area contributed by atoms with Gasteiger partial charge in [-0.25, -0.2) is 0 Å². The number of aryl methyl sites for hydroxylation is 1. The molecule has 68 valence electrons. The third-order valence-electron chi connectivity index (χ3n) is 2.36. The summed E-state index contributed by atoms with van der Waals surface area (Å²) in [6.07, 6.45) is 1.13. The number of nitrogens with one attached hydrogen (secondary N) is 1. The van der Waals surface area contributed by atoms with Crippen molar-refractivity contribution in [3.8, 4) is 0 Å². The molecular formula is C11H19N. The maximum Gasteiger partial charge on any atom is 0 e. The first-order chi connectivity index (χ1) is 5.75. The summed E-state index contributed by atoms with van der Waals surface area (Å²) in [5.74, 6) is 0. The SMILES string of the molecule is CNCCc1cccc(C)c1C.[HH]. The predicted molar refractivity (Wildman–Crippen MR) is 55.7 cm³/mol. The molecule has 0 saturated carbocycles. The summed E-state index contributed by atoms with van der Waals surface area (Å²) in [5, 5.41) is 3.16. The van der Waals surface area contributed by atoms with Crippen molar-refractivity contribution in [2.75, 3.05) is 13.6 Å². The highest BCUT2D eigenvalue weighted by molar-refractivity contribution is 5.33. The maximum atomic E-state index is 3.16. The van der Waals surface area contributed by atoms with Crippen LogP contribution in [0.25, 0.3) is 0 Å². The molecule has 0 aromatic heterocycles. The van der Waals surface area contributed by atoms with E-state index in [0.29, 0.717) is 0 Å². The summed E-state index contributed by atoms with van der Waals surface area (Å²) in [5.41, 5.74) is 4.29. The third kappa shape index (κ3) is 2.08. The first-order valence-corrected chi connectivity index (χ1v) is 4.45. The fourth-order valence-electron chi connectivity index (χ4n) is 1.34. The number of benzene rings is 1. The van der Waals surface area contributed by atoms with Gasteiger partial charge in [-0.2, -0.15) is 0 Å². The molecule has 1 nitrogen and oxygen atoms in total. The van der Waals surface area contributed by atoms with Gasteiger partial charge in [0.05, 0.1) is 0 Å². The van der Waals surface area contributed by atoms with E-state index in [1.807, 2.05) is 7.05 Å². The predicted octanol–water partition coefficient (Wildman–Crippen LogP) is 2.31. The highest BCUT2D eigenvalue weighted by atomic mass is 14.8. The fraction of sp³-hybridized carbons (Fsp3) is 0.455. The van der Waals surface area contributed by atoms with Gasteiger partial charge in [-0.3, -0.25) is 0 Å². The number of hydrogen-bond donors (Lipinski definition) is 1. The van der Waals surface area contributed by atoms with Crippen LogP contribution in [0, 0.1) is 13.8 Å². The molecule has 0 atom stereocenters. The molecule has 0 amide bonds. The van der Waals surface area contributed by atoms with Gasteiger partial charge in [-0.05, 0) is 50.6 Å².